The first-order valence-corrected chi connectivity index (χ1v) is 10.3. The van der Waals surface area contributed by atoms with Crippen LogP contribution in [0.5, 0.6) is 0 Å². The molecule has 0 unspecified atom stereocenters. The Morgan fingerprint density at radius 1 is 1.17 bits per heavy atom. The molecular formula is C22H24N2O4S. The Morgan fingerprint density at radius 3 is 2.48 bits per heavy atom. The molecular weight excluding hydrogens is 388 g/mol. The standard InChI is InChI=1S/C22H24N2O4S/c1-6-16-14(5)29-21(18(16)22(26)27-12(2)3)23-20(25)17-13(4)28-24-19(17)15-10-8-7-9-11-15/h7-12H,6H2,1-5H3,(H,23,25). The summed E-state index contributed by atoms with van der Waals surface area (Å²) in [6.45, 7) is 9.20. The molecule has 0 spiro atoms. The number of ether oxygens (including phenoxy) is 1. The lowest BCUT2D eigenvalue weighted by atomic mass is 10.1. The van der Waals surface area contributed by atoms with Crippen molar-refractivity contribution in [1.29, 1.82) is 0 Å². The largest absolute Gasteiger partial charge is 0.459 e. The quantitative estimate of drug-likeness (QED) is 0.548. The lowest BCUT2D eigenvalue weighted by molar-refractivity contribution is 0.0378. The van der Waals surface area contributed by atoms with Crippen LogP contribution in [0.2, 0.25) is 0 Å². The first-order chi connectivity index (χ1) is 13.8. The van der Waals surface area contributed by atoms with Crippen molar-refractivity contribution in [2.45, 2.75) is 47.1 Å². The summed E-state index contributed by atoms with van der Waals surface area (Å²) in [5, 5.41) is 7.43. The number of esters is 1. The summed E-state index contributed by atoms with van der Waals surface area (Å²) in [5.41, 5.74) is 2.92. The number of thiophene rings is 1. The lowest BCUT2D eigenvalue weighted by Crippen LogP contribution is -2.18. The Hall–Kier alpha value is -2.93. The molecule has 0 aliphatic carbocycles. The van der Waals surface area contributed by atoms with Gasteiger partial charge >= 0.3 is 5.97 Å². The number of amides is 1. The van der Waals surface area contributed by atoms with Gasteiger partial charge in [0.25, 0.3) is 5.91 Å². The molecule has 2 aromatic heterocycles. The van der Waals surface area contributed by atoms with Gasteiger partial charge < -0.3 is 14.6 Å². The van der Waals surface area contributed by atoms with E-state index in [2.05, 4.69) is 10.5 Å². The number of anilines is 1. The van der Waals surface area contributed by atoms with E-state index in [1.165, 1.54) is 11.3 Å². The van der Waals surface area contributed by atoms with E-state index in [9.17, 15) is 9.59 Å². The van der Waals surface area contributed by atoms with E-state index < -0.39 is 5.97 Å². The molecule has 6 nitrogen and oxygen atoms in total. The molecule has 1 aromatic carbocycles. The number of nitrogens with zero attached hydrogens (tertiary/aromatic N) is 1. The Kier molecular flexibility index (Phi) is 6.17. The smallest absolute Gasteiger partial charge is 0.341 e. The Balaban J connectivity index is 1.99. The van der Waals surface area contributed by atoms with Crippen LogP contribution in [0.25, 0.3) is 11.3 Å². The number of rotatable bonds is 6. The molecule has 0 saturated carbocycles. The van der Waals surface area contributed by atoms with Gasteiger partial charge in [-0.1, -0.05) is 42.4 Å². The predicted octanol–water partition coefficient (Wildman–Crippen LogP) is 5.40. The van der Waals surface area contributed by atoms with E-state index in [0.29, 0.717) is 34.0 Å². The number of hydrogen-bond acceptors (Lipinski definition) is 6. The molecule has 0 atom stereocenters. The van der Waals surface area contributed by atoms with Crippen molar-refractivity contribution >= 4 is 28.2 Å². The maximum absolute atomic E-state index is 13.1. The fourth-order valence-corrected chi connectivity index (χ4v) is 4.31. The molecule has 0 aliphatic rings. The van der Waals surface area contributed by atoms with Crippen molar-refractivity contribution < 1.29 is 18.8 Å². The van der Waals surface area contributed by atoms with Gasteiger partial charge in [-0.15, -0.1) is 11.3 Å². The van der Waals surface area contributed by atoms with Crippen LogP contribution in [0, 0.1) is 13.8 Å². The highest BCUT2D eigenvalue weighted by atomic mass is 32.1. The maximum Gasteiger partial charge on any atom is 0.341 e. The second-order valence-corrected chi connectivity index (χ2v) is 8.16. The number of aromatic nitrogens is 1. The topological polar surface area (TPSA) is 81.4 Å². The van der Waals surface area contributed by atoms with E-state index >= 15 is 0 Å². The number of aryl methyl sites for hydroxylation is 2. The molecule has 0 saturated heterocycles. The lowest BCUT2D eigenvalue weighted by Gasteiger charge is -2.11. The fraction of sp³-hybridized carbons (Fsp3) is 0.318. The summed E-state index contributed by atoms with van der Waals surface area (Å²) in [4.78, 5) is 26.8. The number of nitrogens with one attached hydrogen (secondary N) is 1. The van der Waals surface area contributed by atoms with Crippen LogP contribution in [0.1, 0.15) is 57.7 Å². The number of benzene rings is 1. The average Bonchev–Trinajstić information content (AvgIpc) is 3.21. The molecule has 1 amide bonds. The molecule has 1 N–H and O–H groups in total. The molecule has 29 heavy (non-hydrogen) atoms. The number of hydrogen-bond donors (Lipinski definition) is 1. The summed E-state index contributed by atoms with van der Waals surface area (Å²) >= 11 is 1.37. The SMILES string of the molecule is CCc1c(C)sc(NC(=O)c2c(-c3ccccc3)noc2C)c1C(=O)OC(C)C. The number of carbonyl (C=O) groups is 2. The molecule has 3 rings (SSSR count). The molecule has 0 fully saturated rings. The summed E-state index contributed by atoms with van der Waals surface area (Å²) in [7, 11) is 0. The zero-order valence-electron chi connectivity index (χ0n) is 17.2. The molecule has 7 heteroatoms. The molecule has 0 radical (unpaired) electrons. The molecule has 0 aliphatic heterocycles. The molecule has 0 bridgehead atoms. The van der Waals surface area contributed by atoms with E-state index in [1.54, 1.807) is 20.8 Å². The summed E-state index contributed by atoms with van der Waals surface area (Å²) < 4.78 is 10.7. The predicted molar refractivity (Wildman–Crippen MR) is 114 cm³/mol. The Morgan fingerprint density at radius 2 is 1.86 bits per heavy atom. The Labute approximate surface area is 173 Å². The van der Waals surface area contributed by atoms with E-state index in [1.807, 2.05) is 44.2 Å². The minimum atomic E-state index is -0.429. The molecule has 3 aromatic rings. The van der Waals surface area contributed by atoms with Crippen LogP contribution in [-0.2, 0) is 11.2 Å². The summed E-state index contributed by atoms with van der Waals surface area (Å²) in [5.74, 6) is -0.386. The minimum Gasteiger partial charge on any atom is -0.459 e. The van der Waals surface area contributed by atoms with Crippen molar-refractivity contribution in [1.82, 2.24) is 5.16 Å². The van der Waals surface area contributed by atoms with Gasteiger partial charge in [-0.3, -0.25) is 4.79 Å². The first-order valence-electron chi connectivity index (χ1n) is 9.49. The molecule has 152 valence electrons. The van der Waals surface area contributed by atoms with Crippen LogP contribution in [0.15, 0.2) is 34.9 Å². The minimum absolute atomic E-state index is 0.249. The summed E-state index contributed by atoms with van der Waals surface area (Å²) in [6, 6.07) is 9.37. The van der Waals surface area contributed by atoms with Gasteiger partial charge in [-0.05, 0) is 39.7 Å². The summed E-state index contributed by atoms with van der Waals surface area (Å²) in [6.07, 6.45) is 0.420. The second kappa shape index (κ2) is 8.61. The third kappa shape index (κ3) is 4.24. The zero-order chi connectivity index (χ0) is 21.1. The van der Waals surface area contributed by atoms with E-state index in [0.717, 1.165) is 16.0 Å². The third-order valence-corrected chi connectivity index (χ3v) is 5.54. The number of carbonyl (C=O) groups excluding carboxylic acids is 2. The van der Waals surface area contributed by atoms with Gasteiger partial charge in [0.1, 0.15) is 22.0 Å². The first kappa shape index (κ1) is 20.8. The Bertz CT molecular complexity index is 1030. The average molecular weight is 413 g/mol. The van der Waals surface area contributed by atoms with Gasteiger partial charge in [0.05, 0.1) is 11.7 Å². The normalized spacial score (nSPS) is 11.0. The second-order valence-electron chi connectivity index (χ2n) is 6.93. The van der Waals surface area contributed by atoms with Crippen LogP contribution in [0.4, 0.5) is 5.00 Å². The van der Waals surface area contributed by atoms with Crippen LogP contribution in [-0.4, -0.2) is 23.1 Å². The van der Waals surface area contributed by atoms with Crippen molar-refractivity contribution in [3.63, 3.8) is 0 Å². The fourth-order valence-electron chi connectivity index (χ4n) is 3.18. The van der Waals surface area contributed by atoms with Crippen molar-refractivity contribution in [3.8, 4) is 11.3 Å². The van der Waals surface area contributed by atoms with Crippen LogP contribution >= 0.6 is 11.3 Å². The molecule has 2 heterocycles. The van der Waals surface area contributed by atoms with Gasteiger partial charge in [-0.2, -0.15) is 0 Å². The monoisotopic (exact) mass is 412 g/mol. The van der Waals surface area contributed by atoms with E-state index in [4.69, 9.17) is 9.26 Å². The maximum atomic E-state index is 13.1. The van der Waals surface area contributed by atoms with E-state index in [-0.39, 0.29) is 12.0 Å². The van der Waals surface area contributed by atoms with Crippen molar-refractivity contribution in [3.05, 3.63) is 57.7 Å². The van der Waals surface area contributed by atoms with Gasteiger partial charge in [0.2, 0.25) is 0 Å². The van der Waals surface area contributed by atoms with Crippen LogP contribution in [0.3, 0.4) is 0 Å². The van der Waals surface area contributed by atoms with Crippen LogP contribution < -0.4 is 5.32 Å². The van der Waals surface area contributed by atoms with Gasteiger partial charge in [0, 0.05) is 10.4 Å². The highest BCUT2D eigenvalue weighted by Crippen LogP contribution is 2.35. The van der Waals surface area contributed by atoms with Crippen molar-refractivity contribution in [2.24, 2.45) is 0 Å². The third-order valence-electron chi connectivity index (χ3n) is 4.47. The highest BCUT2D eigenvalue weighted by Gasteiger charge is 2.27. The van der Waals surface area contributed by atoms with Gasteiger partial charge in [0.15, 0.2) is 0 Å². The zero-order valence-corrected chi connectivity index (χ0v) is 18.0. The highest BCUT2D eigenvalue weighted by molar-refractivity contribution is 7.16. The van der Waals surface area contributed by atoms with Crippen molar-refractivity contribution in [2.75, 3.05) is 5.32 Å². The van der Waals surface area contributed by atoms with Gasteiger partial charge in [-0.25, -0.2) is 4.79 Å².